The molecule has 5 heteroatoms. The van der Waals surface area contributed by atoms with Gasteiger partial charge in [-0.15, -0.1) is 0 Å². The number of nitrogens with zero attached hydrogens (tertiary/aromatic N) is 2. The van der Waals surface area contributed by atoms with Crippen LogP contribution in [0.4, 0.5) is 4.79 Å². The van der Waals surface area contributed by atoms with Gasteiger partial charge in [0.1, 0.15) is 5.54 Å². The van der Waals surface area contributed by atoms with Gasteiger partial charge in [-0.25, -0.2) is 9.69 Å². The number of carbonyl (C=O) groups excluding carboxylic acids is 2. The van der Waals surface area contributed by atoms with E-state index in [1.54, 1.807) is 0 Å². The van der Waals surface area contributed by atoms with Gasteiger partial charge in [-0.05, 0) is 56.9 Å². The van der Waals surface area contributed by atoms with Gasteiger partial charge >= 0.3 is 6.03 Å². The van der Waals surface area contributed by atoms with Gasteiger partial charge < -0.3 is 5.32 Å². The van der Waals surface area contributed by atoms with Crippen LogP contribution in [0.3, 0.4) is 0 Å². The molecule has 140 valence electrons. The van der Waals surface area contributed by atoms with Crippen molar-refractivity contribution in [1.82, 2.24) is 15.1 Å². The molecule has 3 amide bonds. The summed E-state index contributed by atoms with van der Waals surface area (Å²) in [5, 5.41) is 3.04. The van der Waals surface area contributed by atoms with E-state index in [-0.39, 0.29) is 11.9 Å². The molecule has 1 N–H and O–H groups in total. The molecule has 2 heterocycles. The van der Waals surface area contributed by atoms with Crippen LogP contribution < -0.4 is 5.32 Å². The lowest BCUT2D eigenvalue weighted by molar-refractivity contribution is -0.134. The second-order valence-electron chi connectivity index (χ2n) is 8.45. The van der Waals surface area contributed by atoms with E-state index in [2.05, 4.69) is 48.3 Å². The first-order chi connectivity index (χ1) is 12.5. The maximum Gasteiger partial charge on any atom is 0.326 e. The molecule has 3 fully saturated rings. The molecule has 26 heavy (non-hydrogen) atoms. The van der Waals surface area contributed by atoms with Crippen molar-refractivity contribution in [2.45, 2.75) is 64.0 Å². The molecule has 3 aliphatic rings. The minimum Gasteiger partial charge on any atom is -0.323 e. The Bertz CT molecular complexity index is 692. The highest BCUT2D eigenvalue weighted by Crippen LogP contribution is 2.38. The van der Waals surface area contributed by atoms with Gasteiger partial charge in [0.05, 0.1) is 6.67 Å². The van der Waals surface area contributed by atoms with Crippen molar-refractivity contribution in [3.05, 3.63) is 35.4 Å². The summed E-state index contributed by atoms with van der Waals surface area (Å²) in [6.45, 7) is 5.65. The Balaban J connectivity index is 1.48. The minimum atomic E-state index is -0.636. The zero-order chi connectivity index (χ0) is 18.3. The number of hydrogen-bond donors (Lipinski definition) is 1. The number of hydrogen-bond acceptors (Lipinski definition) is 3. The summed E-state index contributed by atoms with van der Waals surface area (Å²) in [6.07, 6.45) is 5.75. The van der Waals surface area contributed by atoms with Crippen LogP contribution in [0, 0.1) is 12.8 Å². The Morgan fingerprint density at radius 3 is 2.50 bits per heavy atom. The molecule has 1 saturated carbocycles. The van der Waals surface area contributed by atoms with E-state index < -0.39 is 5.54 Å². The van der Waals surface area contributed by atoms with E-state index in [0.717, 1.165) is 45.1 Å². The zero-order valence-electron chi connectivity index (χ0n) is 15.8. The maximum absolute atomic E-state index is 13.1. The number of amides is 3. The van der Waals surface area contributed by atoms with Crippen molar-refractivity contribution in [2.24, 2.45) is 5.92 Å². The fourth-order valence-electron chi connectivity index (χ4n) is 4.74. The molecule has 1 aromatic carbocycles. The normalized spacial score (nSPS) is 32.5. The van der Waals surface area contributed by atoms with E-state index in [1.807, 2.05) is 0 Å². The minimum absolute atomic E-state index is 0.0102. The molecule has 1 atom stereocenters. The molecule has 2 saturated heterocycles. The predicted molar refractivity (Wildman–Crippen MR) is 100 cm³/mol. The van der Waals surface area contributed by atoms with Gasteiger partial charge in [-0.1, -0.05) is 36.8 Å². The van der Waals surface area contributed by atoms with Crippen molar-refractivity contribution < 1.29 is 9.59 Å². The molecule has 1 aliphatic carbocycles. The predicted octanol–water partition coefficient (Wildman–Crippen LogP) is 3.59. The van der Waals surface area contributed by atoms with Crippen LogP contribution >= 0.6 is 0 Å². The molecule has 5 nitrogen and oxygen atoms in total. The molecule has 2 aliphatic heterocycles. The number of nitrogens with one attached hydrogen (secondary N) is 1. The summed E-state index contributed by atoms with van der Waals surface area (Å²) in [4.78, 5) is 29.4. The number of rotatable bonds is 3. The van der Waals surface area contributed by atoms with Crippen molar-refractivity contribution in [3.8, 4) is 0 Å². The van der Waals surface area contributed by atoms with Crippen molar-refractivity contribution >= 4 is 11.9 Å². The van der Waals surface area contributed by atoms with E-state index in [1.165, 1.54) is 16.0 Å². The van der Waals surface area contributed by atoms with Gasteiger partial charge in [-0.2, -0.15) is 0 Å². The third-order valence-corrected chi connectivity index (χ3v) is 6.52. The molecule has 1 spiro atoms. The van der Waals surface area contributed by atoms with Crippen molar-refractivity contribution in [3.63, 3.8) is 0 Å². The highest BCUT2D eigenvalue weighted by molar-refractivity contribution is 6.07. The van der Waals surface area contributed by atoms with E-state index in [0.29, 0.717) is 18.6 Å². The van der Waals surface area contributed by atoms with E-state index >= 15 is 0 Å². The van der Waals surface area contributed by atoms with Gasteiger partial charge in [0.15, 0.2) is 0 Å². The molecule has 1 aromatic rings. The third kappa shape index (κ3) is 3.02. The topological polar surface area (TPSA) is 52.6 Å². The lowest BCUT2D eigenvalue weighted by Gasteiger charge is -2.34. The zero-order valence-corrected chi connectivity index (χ0v) is 15.8. The van der Waals surface area contributed by atoms with Crippen molar-refractivity contribution in [2.75, 3.05) is 13.2 Å². The maximum atomic E-state index is 13.1. The van der Waals surface area contributed by atoms with Crippen LogP contribution in [0.25, 0.3) is 0 Å². The van der Waals surface area contributed by atoms with Gasteiger partial charge in [0, 0.05) is 12.6 Å². The van der Waals surface area contributed by atoms with Crippen molar-refractivity contribution in [1.29, 1.82) is 0 Å². The van der Waals surface area contributed by atoms with Crippen LogP contribution in [0.1, 0.15) is 62.6 Å². The molecule has 0 aromatic heterocycles. The van der Waals surface area contributed by atoms with Crippen LogP contribution in [0.2, 0.25) is 0 Å². The number of likely N-dealkylation sites (tertiary alicyclic amines) is 1. The van der Waals surface area contributed by atoms with Gasteiger partial charge in [-0.3, -0.25) is 9.69 Å². The van der Waals surface area contributed by atoms with Crippen LogP contribution in [-0.2, 0) is 4.79 Å². The first-order valence-electron chi connectivity index (χ1n) is 9.93. The summed E-state index contributed by atoms with van der Waals surface area (Å²) in [5.41, 5.74) is 1.89. The number of aryl methyl sites for hydroxylation is 1. The van der Waals surface area contributed by atoms with Crippen LogP contribution in [0.5, 0.6) is 0 Å². The molecular formula is C21H29N3O2. The fourth-order valence-corrected chi connectivity index (χ4v) is 4.74. The average Bonchev–Trinajstić information content (AvgIpc) is 3.18. The van der Waals surface area contributed by atoms with Gasteiger partial charge in [0.25, 0.3) is 5.91 Å². The Morgan fingerprint density at radius 1 is 1.12 bits per heavy atom. The molecule has 0 bridgehead atoms. The standard InChI is InChI=1S/C21H29N3O2/c1-15-5-7-17(8-6-15)18-4-3-13-23(18)14-24-19(25)21(22-20(24)26)11-9-16(2)10-12-21/h5-8,16,18H,3-4,9-14H2,1-2H3,(H,22,26). The molecule has 0 radical (unpaired) electrons. The average molecular weight is 355 g/mol. The Hall–Kier alpha value is -1.88. The lowest BCUT2D eigenvalue weighted by atomic mass is 9.77. The number of urea groups is 1. The quantitative estimate of drug-likeness (QED) is 0.843. The molecule has 4 rings (SSSR count). The highest BCUT2D eigenvalue weighted by atomic mass is 16.2. The number of imide groups is 1. The summed E-state index contributed by atoms with van der Waals surface area (Å²) in [5.74, 6) is 0.632. The molecular weight excluding hydrogens is 326 g/mol. The second-order valence-corrected chi connectivity index (χ2v) is 8.45. The summed E-state index contributed by atoms with van der Waals surface area (Å²) in [7, 11) is 0. The third-order valence-electron chi connectivity index (χ3n) is 6.52. The summed E-state index contributed by atoms with van der Waals surface area (Å²) in [6, 6.07) is 8.70. The number of carbonyl (C=O) groups is 2. The fraction of sp³-hybridized carbons (Fsp3) is 0.619. The Kier molecular flexibility index (Phi) is 4.51. The first kappa shape index (κ1) is 17.5. The second kappa shape index (κ2) is 6.69. The van der Waals surface area contributed by atoms with Gasteiger partial charge in [0.2, 0.25) is 0 Å². The number of benzene rings is 1. The summed E-state index contributed by atoms with van der Waals surface area (Å²) < 4.78 is 0. The lowest BCUT2D eigenvalue weighted by Crippen LogP contribution is -2.50. The van der Waals surface area contributed by atoms with Crippen LogP contribution in [0.15, 0.2) is 24.3 Å². The monoisotopic (exact) mass is 355 g/mol. The Morgan fingerprint density at radius 2 is 1.81 bits per heavy atom. The summed E-state index contributed by atoms with van der Waals surface area (Å²) >= 11 is 0. The molecule has 1 unspecified atom stereocenters. The SMILES string of the molecule is Cc1ccc(C2CCCN2CN2C(=O)NC3(CCC(C)CC3)C2=O)cc1. The first-order valence-corrected chi connectivity index (χ1v) is 9.93. The smallest absolute Gasteiger partial charge is 0.323 e. The highest BCUT2D eigenvalue weighted by Gasteiger charge is 2.52. The van der Waals surface area contributed by atoms with Crippen LogP contribution in [-0.4, -0.2) is 40.5 Å². The largest absolute Gasteiger partial charge is 0.326 e. The Labute approximate surface area is 155 Å². The van der Waals surface area contributed by atoms with E-state index in [4.69, 9.17) is 0 Å². The van der Waals surface area contributed by atoms with E-state index in [9.17, 15) is 9.59 Å².